The molecule has 0 fully saturated rings. The summed E-state index contributed by atoms with van der Waals surface area (Å²) < 4.78 is 35.3. The number of hydrogen-bond acceptors (Lipinski definition) is 8. The van der Waals surface area contributed by atoms with Crippen LogP contribution in [-0.2, 0) is 51.3 Å². The SMILES string of the molecule is O=c1ccccn1Cc1cn(C[C@H](OCc2ccccc2)[C@H](O)P(=O)(OCc2ccccc2)OCc2ccccc2)nn1. The highest BCUT2D eigenvalue weighted by Gasteiger charge is 2.42. The van der Waals surface area contributed by atoms with Gasteiger partial charge in [0.1, 0.15) is 11.8 Å². The Kier molecular flexibility index (Phi) is 10.4. The predicted molar refractivity (Wildman–Crippen MR) is 161 cm³/mol. The van der Waals surface area contributed by atoms with Crippen molar-refractivity contribution in [1.82, 2.24) is 19.6 Å². The minimum absolute atomic E-state index is 0.00191. The molecule has 10 nitrogen and oxygen atoms in total. The predicted octanol–water partition coefficient (Wildman–Crippen LogP) is 5.02. The lowest BCUT2D eigenvalue weighted by molar-refractivity contribution is -0.0384. The summed E-state index contributed by atoms with van der Waals surface area (Å²) in [5.74, 6) is -1.66. The van der Waals surface area contributed by atoms with Crippen LogP contribution in [0.3, 0.4) is 0 Å². The summed E-state index contributed by atoms with van der Waals surface area (Å²) in [5, 5.41) is 20.0. The molecule has 0 radical (unpaired) electrons. The average molecular weight is 601 g/mol. The molecule has 2 heterocycles. The van der Waals surface area contributed by atoms with E-state index in [1.54, 1.807) is 24.5 Å². The van der Waals surface area contributed by atoms with Gasteiger partial charge in [0.15, 0.2) is 5.85 Å². The highest BCUT2D eigenvalue weighted by Crippen LogP contribution is 2.55. The third kappa shape index (κ3) is 8.67. The zero-order chi connectivity index (χ0) is 29.9. The smallest absolute Gasteiger partial charge is 0.362 e. The van der Waals surface area contributed by atoms with E-state index < -0.39 is 19.5 Å². The number of aliphatic hydroxyl groups excluding tert-OH is 1. The Balaban J connectivity index is 1.38. The van der Waals surface area contributed by atoms with Crippen LogP contribution in [0.5, 0.6) is 0 Å². The topological polar surface area (TPSA) is 118 Å². The fourth-order valence-electron chi connectivity index (χ4n) is 4.33. The van der Waals surface area contributed by atoms with Crippen LogP contribution < -0.4 is 5.56 Å². The van der Waals surface area contributed by atoms with E-state index in [0.29, 0.717) is 5.69 Å². The quantitative estimate of drug-likeness (QED) is 0.167. The van der Waals surface area contributed by atoms with Gasteiger partial charge in [-0.3, -0.25) is 9.36 Å². The van der Waals surface area contributed by atoms with Crippen molar-refractivity contribution < 1.29 is 23.5 Å². The van der Waals surface area contributed by atoms with E-state index in [-0.39, 0.29) is 38.5 Å². The first-order valence-corrected chi connectivity index (χ1v) is 15.4. The summed E-state index contributed by atoms with van der Waals surface area (Å²) in [6.45, 7) is 0.291. The van der Waals surface area contributed by atoms with Crippen LogP contribution in [-0.4, -0.2) is 36.6 Å². The van der Waals surface area contributed by atoms with Crippen LogP contribution in [0.2, 0.25) is 0 Å². The molecule has 5 rings (SSSR count). The van der Waals surface area contributed by atoms with E-state index in [4.69, 9.17) is 13.8 Å². The minimum Gasteiger partial charge on any atom is -0.378 e. The van der Waals surface area contributed by atoms with Gasteiger partial charge in [0.05, 0.1) is 39.1 Å². The molecular weight excluding hydrogens is 567 g/mol. The standard InChI is InChI=1S/C32H33N4O6P/c37-31-18-10-11-19-35(31)20-29-21-36(34-33-29)22-30(40-23-26-12-4-1-5-13-26)32(38)43(39,41-24-27-14-6-2-7-15-27)42-25-28-16-8-3-9-17-28/h1-19,21,30,32,38H,20,22-25H2/t30-,32+/m0/s1. The van der Waals surface area contributed by atoms with E-state index in [0.717, 1.165) is 16.7 Å². The van der Waals surface area contributed by atoms with Crippen molar-refractivity contribution in [3.63, 3.8) is 0 Å². The molecule has 1 N–H and O–H groups in total. The van der Waals surface area contributed by atoms with Gasteiger partial charge in [-0.15, -0.1) is 5.10 Å². The van der Waals surface area contributed by atoms with Gasteiger partial charge >= 0.3 is 7.60 Å². The fourth-order valence-corrected chi connectivity index (χ4v) is 5.96. The Morgan fingerprint density at radius 2 is 1.28 bits per heavy atom. The molecule has 2 aromatic heterocycles. The van der Waals surface area contributed by atoms with Crippen molar-refractivity contribution in [2.24, 2.45) is 0 Å². The number of pyridine rings is 1. The molecule has 0 saturated carbocycles. The molecule has 2 atom stereocenters. The molecule has 0 aliphatic rings. The van der Waals surface area contributed by atoms with Gasteiger partial charge in [0.2, 0.25) is 0 Å². The molecule has 222 valence electrons. The van der Waals surface area contributed by atoms with Gasteiger partial charge in [-0.1, -0.05) is 102 Å². The lowest BCUT2D eigenvalue weighted by Crippen LogP contribution is -2.34. The Hall–Kier alpha value is -4.18. The van der Waals surface area contributed by atoms with E-state index in [1.807, 2.05) is 91.0 Å². The lowest BCUT2D eigenvalue weighted by atomic mass is 10.2. The van der Waals surface area contributed by atoms with Crippen molar-refractivity contribution in [2.75, 3.05) is 0 Å². The van der Waals surface area contributed by atoms with Gasteiger partial charge < -0.3 is 23.5 Å². The van der Waals surface area contributed by atoms with Crippen molar-refractivity contribution in [2.45, 2.75) is 44.9 Å². The number of benzene rings is 3. The molecule has 0 spiro atoms. The summed E-state index contributed by atoms with van der Waals surface area (Å²) in [6, 6.07) is 32.9. The molecule has 0 aliphatic carbocycles. The molecule has 0 unspecified atom stereocenters. The number of hydrogen-bond donors (Lipinski definition) is 1. The van der Waals surface area contributed by atoms with Gasteiger partial charge in [-0.2, -0.15) is 0 Å². The minimum atomic E-state index is -4.19. The molecule has 43 heavy (non-hydrogen) atoms. The van der Waals surface area contributed by atoms with Gasteiger partial charge in [0.25, 0.3) is 5.56 Å². The second kappa shape index (κ2) is 14.8. The Bertz CT molecular complexity index is 1620. The average Bonchev–Trinajstić information content (AvgIpc) is 3.50. The Morgan fingerprint density at radius 1 is 0.744 bits per heavy atom. The maximum atomic E-state index is 14.3. The molecular formula is C32H33N4O6P. The fraction of sp³-hybridized carbons (Fsp3) is 0.219. The second-order valence-corrected chi connectivity index (χ2v) is 12.0. The maximum Gasteiger partial charge on any atom is 0.362 e. The number of aromatic nitrogens is 4. The van der Waals surface area contributed by atoms with Crippen molar-refractivity contribution in [3.05, 3.63) is 154 Å². The number of aliphatic hydroxyl groups is 1. The van der Waals surface area contributed by atoms with Crippen LogP contribution in [0.4, 0.5) is 0 Å². The molecule has 11 heteroatoms. The third-order valence-electron chi connectivity index (χ3n) is 6.66. The lowest BCUT2D eigenvalue weighted by Gasteiger charge is -2.29. The van der Waals surface area contributed by atoms with Gasteiger partial charge in [-0.05, 0) is 22.8 Å². The summed E-state index contributed by atoms with van der Waals surface area (Å²) in [4.78, 5) is 12.2. The van der Waals surface area contributed by atoms with Crippen LogP contribution >= 0.6 is 7.60 Å². The third-order valence-corrected chi connectivity index (χ3v) is 8.61. The summed E-state index contributed by atoms with van der Waals surface area (Å²) in [7, 11) is -4.19. The molecule has 0 bridgehead atoms. The first-order chi connectivity index (χ1) is 21.0. The van der Waals surface area contributed by atoms with Crippen molar-refractivity contribution >= 4 is 7.60 Å². The number of ether oxygens (including phenoxy) is 1. The molecule has 5 aromatic rings. The zero-order valence-corrected chi connectivity index (χ0v) is 24.4. The van der Waals surface area contributed by atoms with Crippen LogP contribution in [0.25, 0.3) is 0 Å². The summed E-state index contributed by atoms with van der Waals surface area (Å²) >= 11 is 0. The highest BCUT2D eigenvalue weighted by molar-refractivity contribution is 7.54. The van der Waals surface area contributed by atoms with Crippen LogP contribution in [0, 0.1) is 0 Å². The largest absolute Gasteiger partial charge is 0.378 e. The zero-order valence-electron chi connectivity index (χ0n) is 23.5. The van der Waals surface area contributed by atoms with E-state index >= 15 is 0 Å². The van der Waals surface area contributed by atoms with E-state index in [1.165, 1.54) is 15.3 Å². The monoisotopic (exact) mass is 600 g/mol. The van der Waals surface area contributed by atoms with Crippen LogP contribution in [0.1, 0.15) is 22.4 Å². The van der Waals surface area contributed by atoms with Crippen LogP contribution in [0.15, 0.2) is 126 Å². The van der Waals surface area contributed by atoms with Gasteiger partial charge in [-0.25, -0.2) is 4.68 Å². The first-order valence-electron chi connectivity index (χ1n) is 13.8. The molecule has 0 aliphatic heterocycles. The molecule has 0 amide bonds. The number of rotatable bonds is 15. The summed E-state index contributed by atoms with van der Waals surface area (Å²) in [6.07, 6.45) is 2.28. The normalized spacial score (nSPS) is 13.0. The highest BCUT2D eigenvalue weighted by atomic mass is 31.2. The molecule has 0 saturated heterocycles. The second-order valence-electron chi connectivity index (χ2n) is 9.91. The first kappa shape index (κ1) is 30.3. The molecule has 3 aromatic carbocycles. The maximum absolute atomic E-state index is 14.3. The summed E-state index contributed by atoms with van der Waals surface area (Å²) in [5.41, 5.74) is 2.79. The number of nitrogens with zero attached hydrogens (tertiary/aromatic N) is 4. The van der Waals surface area contributed by atoms with Crippen molar-refractivity contribution in [1.29, 1.82) is 0 Å². The van der Waals surface area contributed by atoms with E-state index in [9.17, 15) is 14.5 Å². The van der Waals surface area contributed by atoms with E-state index in [2.05, 4.69) is 10.3 Å². The van der Waals surface area contributed by atoms with Crippen molar-refractivity contribution in [3.8, 4) is 0 Å². The Labute approximate surface area is 249 Å². The van der Waals surface area contributed by atoms with Gasteiger partial charge in [0, 0.05) is 12.3 Å². The Morgan fingerprint density at radius 3 is 1.84 bits per heavy atom.